The van der Waals surface area contributed by atoms with Gasteiger partial charge in [-0.2, -0.15) is 0 Å². The second-order valence-corrected chi connectivity index (χ2v) is 10.0. The molecule has 0 saturated carbocycles. The van der Waals surface area contributed by atoms with Crippen molar-refractivity contribution in [3.63, 3.8) is 0 Å². The fourth-order valence-electron chi connectivity index (χ4n) is 3.45. The van der Waals surface area contributed by atoms with E-state index in [0.29, 0.717) is 11.6 Å². The van der Waals surface area contributed by atoms with E-state index in [4.69, 9.17) is 4.74 Å². The summed E-state index contributed by atoms with van der Waals surface area (Å²) in [6.45, 7) is 7.70. The van der Waals surface area contributed by atoms with Crippen molar-refractivity contribution in [3.05, 3.63) is 59.2 Å². The van der Waals surface area contributed by atoms with Crippen molar-refractivity contribution in [1.82, 2.24) is 5.32 Å². The van der Waals surface area contributed by atoms with Crippen molar-refractivity contribution in [2.45, 2.75) is 40.2 Å². The number of ether oxygens (including phenoxy) is 1. The van der Waals surface area contributed by atoms with Gasteiger partial charge in [-0.05, 0) is 67.1 Å². The van der Waals surface area contributed by atoms with Crippen LogP contribution in [0.25, 0.3) is 0 Å². The van der Waals surface area contributed by atoms with Crippen LogP contribution in [0.15, 0.2) is 42.5 Å². The molecule has 0 aliphatic rings. The summed E-state index contributed by atoms with van der Waals surface area (Å²) in [4.78, 5) is 12.9. The molecule has 7 heteroatoms. The molecule has 2 rings (SSSR count). The summed E-state index contributed by atoms with van der Waals surface area (Å²) in [5.74, 6) is 0.746. The van der Waals surface area contributed by atoms with Gasteiger partial charge in [0.2, 0.25) is 15.9 Å². The molecule has 0 spiro atoms. The Morgan fingerprint density at radius 2 is 1.63 bits per heavy atom. The summed E-state index contributed by atoms with van der Waals surface area (Å²) in [6, 6.07) is 12.8. The molecule has 0 fully saturated rings. The van der Waals surface area contributed by atoms with E-state index in [1.54, 1.807) is 19.2 Å². The van der Waals surface area contributed by atoms with E-state index < -0.39 is 10.0 Å². The number of benzene rings is 2. The molecule has 0 aliphatic carbocycles. The lowest BCUT2D eigenvalue weighted by Crippen LogP contribution is -2.42. The monoisotopic (exact) mass is 432 g/mol. The number of hydrogen-bond donors (Lipinski definition) is 1. The number of rotatable bonds is 9. The van der Waals surface area contributed by atoms with Crippen LogP contribution in [0.1, 0.15) is 43.0 Å². The molecule has 0 bridgehead atoms. The van der Waals surface area contributed by atoms with Crippen LogP contribution in [-0.4, -0.2) is 34.2 Å². The molecule has 6 nitrogen and oxygen atoms in total. The number of hydrogen-bond acceptors (Lipinski definition) is 4. The van der Waals surface area contributed by atoms with Crippen LogP contribution in [0.3, 0.4) is 0 Å². The summed E-state index contributed by atoms with van der Waals surface area (Å²) in [6.07, 6.45) is 1.85. The first kappa shape index (κ1) is 23.7. The highest BCUT2D eigenvalue weighted by atomic mass is 32.2. The lowest BCUT2D eigenvalue weighted by atomic mass is 9.97. The van der Waals surface area contributed by atoms with Gasteiger partial charge in [0.15, 0.2) is 0 Å². The maximum absolute atomic E-state index is 12.9. The molecular weight excluding hydrogens is 400 g/mol. The van der Waals surface area contributed by atoms with Gasteiger partial charge in [-0.3, -0.25) is 9.10 Å². The average Bonchev–Trinajstić information content (AvgIpc) is 2.63. The highest BCUT2D eigenvalue weighted by Crippen LogP contribution is 2.25. The third-order valence-corrected chi connectivity index (χ3v) is 5.88. The molecule has 1 atom stereocenters. The average molecular weight is 433 g/mol. The van der Waals surface area contributed by atoms with Gasteiger partial charge in [0.1, 0.15) is 12.3 Å². The van der Waals surface area contributed by atoms with Crippen LogP contribution in [0.4, 0.5) is 5.69 Å². The van der Waals surface area contributed by atoms with Crippen molar-refractivity contribution in [3.8, 4) is 5.75 Å². The minimum Gasteiger partial charge on any atom is -0.497 e. The Bertz CT molecular complexity index is 949. The number of carbonyl (C=O) groups excluding carboxylic acids is 1. The number of methoxy groups -OCH3 is 1. The molecule has 1 unspecified atom stereocenters. The summed E-state index contributed by atoms with van der Waals surface area (Å²) >= 11 is 0. The molecule has 2 aromatic rings. The summed E-state index contributed by atoms with van der Waals surface area (Å²) in [7, 11) is -2.02. The highest BCUT2D eigenvalue weighted by Gasteiger charge is 2.24. The van der Waals surface area contributed by atoms with E-state index in [-0.39, 0.29) is 18.5 Å². The van der Waals surface area contributed by atoms with Crippen LogP contribution >= 0.6 is 0 Å². The lowest BCUT2D eigenvalue weighted by Gasteiger charge is -2.26. The Hall–Kier alpha value is -2.54. The molecule has 164 valence electrons. The smallest absolute Gasteiger partial charge is 0.241 e. The van der Waals surface area contributed by atoms with E-state index in [2.05, 4.69) is 19.2 Å². The molecule has 1 amide bonds. The SMILES string of the molecule is COc1ccc(C(CC(C)C)NC(=O)CN(c2cc(C)cc(C)c2)S(C)(=O)=O)cc1. The number of amides is 1. The standard InChI is InChI=1S/C23H32N2O4S/c1-16(2)11-22(19-7-9-21(29-5)10-8-19)24-23(26)15-25(30(6,27)28)20-13-17(3)12-18(4)14-20/h7-10,12-14,16,22H,11,15H2,1-6H3,(H,24,26). The fourth-order valence-corrected chi connectivity index (χ4v) is 4.29. The summed E-state index contributed by atoms with van der Waals surface area (Å²) in [5.41, 5.74) is 3.33. The highest BCUT2D eigenvalue weighted by molar-refractivity contribution is 7.92. The fraction of sp³-hybridized carbons (Fsp3) is 0.435. The third-order valence-electron chi connectivity index (χ3n) is 4.74. The van der Waals surface area contributed by atoms with Gasteiger partial charge in [0.05, 0.1) is 25.1 Å². The number of nitrogens with zero attached hydrogens (tertiary/aromatic N) is 1. The molecule has 2 aromatic carbocycles. The van der Waals surface area contributed by atoms with Crippen molar-refractivity contribution < 1.29 is 17.9 Å². The number of carbonyl (C=O) groups is 1. The van der Waals surface area contributed by atoms with Gasteiger partial charge >= 0.3 is 0 Å². The Balaban J connectivity index is 2.25. The quantitative estimate of drug-likeness (QED) is 0.650. The Labute approximate surface area is 180 Å². The normalized spacial score (nSPS) is 12.5. The number of nitrogens with one attached hydrogen (secondary N) is 1. The Kier molecular flexibility index (Phi) is 7.89. The molecule has 0 aliphatic heterocycles. The predicted molar refractivity (Wildman–Crippen MR) is 121 cm³/mol. The van der Waals surface area contributed by atoms with Crippen LogP contribution in [0.5, 0.6) is 5.75 Å². The lowest BCUT2D eigenvalue weighted by molar-refractivity contribution is -0.120. The second-order valence-electron chi connectivity index (χ2n) is 8.14. The van der Waals surface area contributed by atoms with Crippen LogP contribution in [0.2, 0.25) is 0 Å². The van der Waals surface area contributed by atoms with E-state index in [1.807, 2.05) is 44.2 Å². The van der Waals surface area contributed by atoms with Crippen molar-refractivity contribution in [2.24, 2.45) is 5.92 Å². The number of anilines is 1. The maximum Gasteiger partial charge on any atom is 0.241 e. The van der Waals surface area contributed by atoms with Gasteiger partial charge < -0.3 is 10.1 Å². The third kappa shape index (κ3) is 6.76. The van der Waals surface area contributed by atoms with Crippen molar-refractivity contribution >= 4 is 21.6 Å². The predicted octanol–water partition coefficient (Wildman–Crippen LogP) is 3.98. The minimum absolute atomic E-state index is 0.218. The van der Waals surface area contributed by atoms with E-state index >= 15 is 0 Å². The van der Waals surface area contributed by atoms with E-state index in [0.717, 1.165) is 39.4 Å². The summed E-state index contributed by atoms with van der Waals surface area (Å²) in [5, 5.41) is 3.02. The van der Waals surface area contributed by atoms with Crippen molar-refractivity contribution in [2.75, 3.05) is 24.2 Å². The van der Waals surface area contributed by atoms with Crippen LogP contribution < -0.4 is 14.4 Å². The zero-order chi connectivity index (χ0) is 22.5. The van der Waals surface area contributed by atoms with E-state index in [1.165, 1.54) is 0 Å². The molecule has 0 radical (unpaired) electrons. The van der Waals surface area contributed by atoms with Gasteiger partial charge in [0, 0.05) is 0 Å². The molecule has 0 saturated heterocycles. The minimum atomic E-state index is -3.62. The Morgan fingerprint density at radius 1 is 1.07 bits per heavy atom. The van der Waals surface area contributed by atoms with Gasteiger partial charge in [-0.25, -0.2) is 8.42 Å². The van der Waals surface area contributed by atoms with Crippen molar-refractivity contribution in [1.29, 1.82) is 0 Å². The molecule has 30 heavy (non-hydrogen) atoms. The van der Waals surface area contributed by atoms with Crippen LogP contribution in [-0.2, 0) is 14.8 Å². The first-order valence-corrected chi connectivity index (χ1v) is 11.8. The molecule has 0 heterocycles. The van der Waals surface area contributed by atoms with Gasteiger partial charge in [0.25, 0.3) is 0 Å². The van der Waals surface area contributed by atoms with Gasteiger partial charge in [-0.15, -0.1) is 0 Å². The van der Waals surface area contributed by atoms with E-state index in [9.17, 15) is 13.2 Å². The maximum atomic E-state index is 12.9. The number of sulfonamides is 1. The van der Waals surface area contributed by atoms with Gasteiger partial charge in [-0.1, -0.05) is 32.0 Å². The molecule has 1 N–H and O–H groups in total. The topological polar surface area (TPSA) is 75.7 Å². The number of aryl methyl sites for hydroxylation is 2. The zero-order valence-corrected chi connectivity index (χ0v) is 19.4. The largest absolute Gasteiger partial charge is 0.497 e. The first-order chi connectivity index (χ1) is 14.0. The Morgan fingerprint density at radius 3 is 2.10 bits per heavy atom. The van der Waals surface area contributed by atoms with Crippen LogP contribution in [0, 0.1) is 19.8 Å². The zero-order valence-electron chi connectivity index (χ0n) is 18.6. The molecule has 0 aromatic heterocycles. The molecular formula is C23H32N2O4S. The second kappa shape index (κ2) is 9.98. The first-order valence-electron chi connectivity index (χ1n) is 9.99. The summed E-state index contributed by atoms with van der Waals surface area (Å²) < 4.78 is 31.2.